The first kappa shape index (κ1) is 35.9. The molecule has 2 amide bonds. The van der Waals surface area contributed by atoms with Crippen LogP contribution >= 0.6 is 11.3 Å². The Morgan fingerprint density at radius 2 is 2.00 bits per heavy atom. The fourth-order valence-electron chi connectivity index (χ4n) is 5.92. The van der Waals surface area contributed by atoms with Crippen molar-refractivity contribution in [2.75, 3.05) is 5.73 Å². The molecule has 1 aromatic carbocycles. The van der Waals surface area contributed by atoms with Crippen LogP contribution in [0.5, 0.6) is 5.75 Å². The number of amidine groups is 1. The van der Waals surface area contributed by atoms with Crippen LogP contribution < -0.4 is 27.3 Å². The number of nitrogen functional groups attached to an aromatic ring is 1. The number of nitrogens with one attached hydrogen (secondary N) is 1. The number of hydroxylamine groups is 2. The summed E-state index contributed by atoms with van der Waals surface area (Å²) >= 11 is 0.965. The summed E-state index contributed by atoms with van der Waals surface area (Å²) in [6, 6.07) is 4.09. The van der Waals surface area contributed by atoms with Crippen LogP contribution in [0, 0.1) is 0 Å². The second-order valence-corrected chi connectivity index (χ2v) is 14.7. The van der Waals surface area contributed by atoms with Crippen molar-refractivity contribution in [3.05, 3.63) is 40.4 Å². The van der Waals surface area contributed by atoms with Gasteiger partial charge in [0.25, 0.3) is 17.4 Å². The van der Waals surface area contributed by atoms with Crippen LogP contribution in [-0.2, 0) is 40.3 Å². The van der Waals surface area contributed by atoms with E-state index in [0.29, 0.717) is 28.6 Å². The second-order valence-electron chi connectivity index (χ2n) is 12.8. The Balaban J connectivity index is 1.34. The number of thiazole rings is 1. The Hall–Kier alpha value is -4.37. The number of aryl methyl sites for hydroxylation is 1. The molecule has 266 valence electrons. The van der Waals surface area contributed by atoms with E-state index in [0.717, 1.165) is 42.6 Å². The van der Waals surface area contributed by atoms with Crippen LogP contribution in [0.2, 0.25) is 0 Å². The Labute approximate surface area is 285 Å². The summed E-state index contributed by atoms with van der Waals surface area (Å²) in [6.07, 6.45) is 3.19. The van der Waals surface area contributed by atoms with E-state index in [4.69, 9.17) is 31.3 Å². The van der Waals surface area contributed by atoms with E-state index < -0.39 is 57.2 Å². The molecular weight excluding hydrogens is 684 g/mol. The number of amides is 2. The Bertz CT molecular complexity index is 1810. The van der Waals surface area contributed by atoms with Crippen LogP contribution in [0.4, 0.5) is 5.13 Å². The fraction of sp³-hybridized carbons (Fsp3) is 0.517. The van der Waals surface area contributed by atoms with Crippen molar-refractivity contribution in [3.63, 3.8) is 0 Å². The van der Waals surface area contributed by atoms with Crippen molar-refractivity contribution in [2.45, 2.75) is 94.7 Å². The average molecular weight is 723 g/mol. The number of nitrogens with two attached hydrogens (primary N) is 3. The zero-order chi connectivity index (χ0) is 35.9. The largest absolute Gasteiger partial charge is 0.485 e. The molecule has 20 heteroatoms. The van der Waals surface area contributed by atoms with Crippen LogP contribution in [0.3, 0.4) is 0 Å². The van der Waals surface area contributed by atoms with Gasteiger partial charge in [0.15, 0.2) is 16.9 Å². The highest BCUT2D eigenvalue weighted by Crippen LogP contribution is 2.35. The molecule has 18 nitrogen and oxygen atoms in total. The summed E-state index contributed by atoms with van der Waals surface area (Å²) in [5.41, 5.74) is 15.5. The van der Waals surface area contributed by atoms with E-state index in [2.05, 4.69) is 24.7 Å². The molecule has 2 fully saturated rings. The van der Waals surface area contributed by atoms with E-state index in [1.54, 1.807) is 12.1 Å². The molecule has 0 spiro atoms. The summed E-state index contributed by atoms with van der Waals surface area (Å²) in [7, 11) is -5.03. The Morgan fingerprint density at radius 3 is 2.61 bits per heavy atom. The van der Waals surface area contributed by atoms with Crippen molar-refractivity contribution in [1.29, 1.82) is 0 Å². The quantitative estimate of drug-likeness (QED) is 0.0606. The number of benzene rings is 1. The van der Waals surface area contributed by atoms with Crippen molar-refractivity contribution < 1.29 is 46.3 Å². The van der Waals surface area contributed by atoms with Gasteiger partial charge in [0.2, 0.25) is 0 Å². The molecular formula is C29H38N8O10S2. The van der Waals surface area contributed by atoms with Gasteiger partial charge < -0.3 is 37.2 Å². The summed E-state index contributed by atoms with van der Waals surface area (Å²) in [5.74, 6) is -2.65. The van der Waals surface area contributed by atoms with Gasteiger partial charge in [-0.15, -0.1) is 15.6 Å². The number of fused-ring (bicyclic) bond motifs is 1. The van der Waals surface area contributed by atoms with Gasteiger partial charge in [-0.2, -0.15) is 13.5 Å². The van der Waals surface area contributed by atoms with Gasteiger partial charge in [0, 0.05) is 17.0 Å². The summed E-state index contributed by atoms with van der Waals surface area (Å²) in [4.78, 5) is 53.0. The Kier molecular flexibility index (Phi) is 9.90. The van der Waals surface area contributed by atoms with E-state index in [-0.39, 0.29) is 29.3 Å². The minimum Gasteiger partial charge on any atom is -0.485 e. The maximum Gasteiger partial charge on any atom is 0.418 e. The number of carboxylic acids is 1. The third kappa shape index (κ3) is 7.62. The van der Waals surface area contributed by atoms with Gasteiger partial charge in [0.1, 0.15) is 23.3 Å². The minimum absolute atomic E-state index is 0.0524. The highest BCUT2D eigenvalue weighted by Gasteiger charge is 2.58. The monoisotopic (exact) mass is 722 g/mol. The van der Waals surface area contributed by atoms with Crippen LogP contribution in [0.15, 0.2) is 33.7 Å². The number of aromatic nitrogens is 1. The normalized spacial score (nSPS) is 25.3. The maximum absolute atomic E-state index is 13.5. The number of ether oxygens (including phenoxy) is 1. The molecule has 3 aliphatic rings. The topological polar surface area (TPSA) is 284 Å². The number of β-lactam (4-membered cyclic amide) rings is 1. The van der Waals surface area contributed by atoms with E-state index in [1.807, 2.05) is 6.07 Å². The Morgan fingerprint density at radius 1 is 1.27 bits per heavy atom. The summed E-state index contributed by atoms with van der Waals surface area (Å²) < 4.78 is 41.8. The number of hydrogen-bond acceptors (Lipinski definition) is 14. The molecule has 1 aromatic heterocycles. The van der Waals surface area contributed by atoms with Gasteiger partial charge in [-0.1, -0.05) is 5.16 Å². The first-order valence-electron chi connectivity index (χ1n) is 15.3. The zero-order valence-electron chi connectivity index (χ0n) is 26.9. The van der Waals surface area contributed by atoms with Crippen molar-refractivity contribution in [3.8, 4) is 5.75 Å². The SMILES string of the molecule is CC1(C)[C@H](NC(=O)/C(=N\O[C@](C)(C(=O)O)[C@H]2CCc3cc(C(N)=N[C@H]4CCC[C@H](N)C4)ccc3O2)c2csc(N)n2)C(=O)N1OS(=O)(=O)O. The average Bonchev–Trinajstić information content (AvgIpc) is 3.46. The lowest BCUT2D eigenvalue weighted by Crippen LogP contribution is -2.76. The third-order valence-corrected chi connectivity index (χ3v) is 9.79. The van der Waals surface area contributed by atoms with Gasteiger partial charge in [-0.3, -0.25) is 19.1 Å². The molecule has 0 unspecified atom stereocenters. The number of aliphatic imine (C=N–C) groups is 1. The molecule has 9 N–H and O–H groups in total. The van der Waals surface area contributed by atoms with Crippen molar-refractivity contribution >= 4 is 56.2 Å². The van der Waals surface area contributed by atoms with Crippen LogP contribution in [0.25, 0.3) is 0 Å². The van der Waals surface area contributed by atoms with Crippen molar-refractivity contribution in [1.82, 2.24) is 15.4 Å². The van der Waals surface area contributed by atoms with E-state index >= 15 is 0 Å². The highest BCUT2D eigenvalue weighted by molar-refractivity contribution is 7.80. The van der Waals surface area contributed by atoms with E-state index in [1.165, 1.54) is 26.2 Å². The summed E-state index contributed by atoms with van der Waals surface area (Å²) in [6.45, 7) is 3.99. The third-order valence-electron chi connectivity index (χ3n) is 8.78. The number of carbonyl (C=O) groups excluding carboxylic acids is 2. The maximum atomic E-state index is 13.5. The number of anilines is 1. The number of carboxylic acid groups (broad SMARTS) is 1. The van der Waals surface area contributed by atoms with Crippen molar-refractivity contribution in [2.24, 2.45) is 21.6 Å². The van der Waals surface area contributed by atoms with Gasteiger partial charge in [0.05, 0.1) is 11.6 Å². The molecule has 1 aliphatic carbocycles. The molecule has 0 radical (unpaired) electrons. The van der Waals surface area contributed by atoms with Crippen LogP contribution in [0.1, 0.15) is 69.7 Å². The second kappa shape index (κ2) is 13.5. The van der Waals surface area contributed by atoms with Crippen LogP contribution in [-0.4, -0.2) is 92.8 Å². The molecule has 0 bridgehead atoms. The molecule has 2 aliphatic heterocycles. The highest BCUT2D eigenvalue weighted by atomic mass is 32.3. The number of oxime groups is 1. The number of nitrogens with zero attached hydrogens (tertiary/aromatic N) is 4. The molecule has 5 rings (SSSR count). The molecule has 5 atom stereocenters. The summed E-state index contributed by atoms with van der Waals surface area (Å²) in [5, 5.41) is 18.4. The minimum atomic E-state index is -5.03. The predicted octanol–water partition coefficient (Wildman–Crippen LogP) is 0.498. The standard InChI is InChI=1S/C29H38N8O10S2/c1-28(2)22(25(39)37(28)47-49(42,43)44)35-24(38)21(18-13-48-27(32)34-18)36-46-29(3,26(40)41)20-10-8-14-11-15(7-9-19(14)45-20)23(31)33-17-6-4-5-16(30)12-17/h7,9,11,13,16-17,20,22H,4-6,8,10,12,30H2,1-3H3,(H2,31,33)(H2,32,34)(H,35,38)(H,40,41)(H,42,43,44)/b36-21-/t16-,17-,20+,22+,29-/m0/s1. The van der Waals surface area contributed by atoms with Gasteiger partial charge >= 0.3 is 16.4 Å². The number of aliphatic carboxylic acids is 1. The lowest BCUT2D eigenvalue weighted by Gasteiger charge is -2.50. The number of rotatable bonds is 11. The lowest BCUT2D eigenvalue weighted by molar-refractivity contribution is -0.218. The number of carbonyl (C=O) groups is 3. The smallest absolute Gasteiger partial charge is 0.418 e. The zero-order valence-corrected chi connectivity index (χ0v) is 28.5. The molecule has 1 saturated heterocycles. The number of hydrogen-bond donors (Lipinski definition) is 6. The molecule has 49 heavy (non-hydrogen) atoms. The predicted molar refractivity (Wildman–Crippen MR) is 176 cm³/mol. The first-order chi connectivity index (χ1) is 22.9. The van der Waals surface area contributed by atoms with E-state index in [9.17, 15) is 27.9 Å². The van der Waals surface area contributed by atoms with Gasteiger partial charge in [-0.05, 0) is 83.1 Å². The lowest BCUT2D eigenvalue weighted by atomic mass is 9.84. The van der Waals surface area contributed by atoms with Gasteiger partial charge in [-0.25, -0.2) is 9.78 Å². The first-order valence-corrected chi connectivity index (χ1v) is 17.5. The fourth-order valence-corrected chi connectivity index (χ4v) is 6.92. The molecule has 3 heterocycles. The molecule has 2 aromatic rings. The molecule has 1 saturated carbocycles.